The van der Waals surface area contributed by atoms with Crippen LogP contribution in [0.3, 0.4) is 0 Å². The molecule has 1 fully saturated rings. The second-order valence-electron chi connectivity index (χ2n) is 7.67. The summed E-state index contributed by atoms with van der Waals surface area (Å²) in [4.78, 5) is 9.00. The lowest BCUT2D eigenvalue weighted by atomic mass is 9.79. The zero-order chi connectivity index (χ0) is 20.5. The predicted octanol–water partition coefficient (Wildman–Crippen LogP) is 4.19. The van der Waals surface area contributed by atoms with Crippen molar-refractivity contribution in [3.05, 3.63) is 47.9 Å². The summed E-state index contributed by atoms with van der Waals surface area (Å²) >= 11 is 1.61. The molecule has 6 nitrogen and oxygen atoms in total. The van der Waals surface area contributed by atoms with E-state index in [2.05, 4.69) is 15.3 Å². The van der Waals surface area contributed by atoms with E-state index in [9.17, 15) is 4.39 Å². The first kappa shape index (κ1) is 20.0. The Labute approximate surface area is 174 Å². The first-order valence-corrected chi connectivity index (χ1v) is 10.4. The fourth-order valence-corrected chi connectivity index (χ4v) is 5.58. The molecule has 3 heterocycles. The van der Waals surface area contributed by atoms with Crippen molar-refractivity contribution in [3.8, 4) is 5.75 Å². The van der Waals surface area contributed by atoms with Crippen molar-refractivity contribution in [1.82, 2.24) is 4.98 Å². The Hall–Kier alpha value is -2.32. The van der Waals surface area contributed by atoms with E-state index in [4.69, 9.17) is 15.2 Å². The Bertz CT molecular complexity index is 933. The second kappa shape index (κ2) is 7.84. The minimum absolute atomic E-state index is 0.0705. The number of aromatic nitrogens is 1. The van der Waals surface area contributed by atoms with Gasteiger partial charge in [-0.3, -0.25) is 4.99 Å². The Morgan fingerprint density at radius 3 is 2.83 bits per heavy atom. The van der Waals surface area contributed by atoms with E-state index in [0.717, 1.165) is 12.8 Å². The van der Waals surface area contributed by atoms with Crippen LogP contribution >= 0.6 is 11.8 Å². The number of amidine groups is 1. The highest BCUT2D eigenvalue weighted by molar-refractivity contribution is 8.15. The molecule has 8 heteroatoms. The molecule has 1 aromatic heterocycles. The molecule has 0 aliphatic carbocycles. The van der Waals surface area contributed by atoms with E-state index in [1.54, 1.807) is 43.3 Å². The van der Waals surface area contributed by atoms with Gasteiger partial charge in [-0.2, -0.15) is 0 Å². The van der Waals surface area contributed by atoms with Gasteiger partial charge in [-0.05, 0) is 56.5 Å². The molecule has 154 valence electrons. The van der Waals surface area contributed by atoms with Gasteiger partial charge in [0.15, 0.2) is 16.7 Å². The molecule has 1 spiro atoms. The number of rotatable bonds is 4. The van der Waals surface area contributed by atoms with Gasteiger partial charge in [-0.1, -0.05) is 11.8 Å². The number of nitrogens with one attached hydrogen (secondary N) is 1. The van der Waals surface area contributed by atoms with E-state index in [-0.39, 0.29) is 10.6 Å². The fourth-order valence-electron chi connectivity index (χ4n) is 4.17. The topological polar surface area (TPSA) is 81.8 Å². The zero-order valence-electron chi connectivity index (χ0n) is 16.6. The number of nitrogens with two attached hydrogens (primary N) is 1. The summed E-state index contributed by atoms with van der Waals surface area (Å²) in [5.74, 6) is 0.889. The van der Waals surface area contributed by atoms with Crippen LogP contribution in [0, 0.1) is 5.82 Å². The van der Waals surface area contributed by atoms with Gasteiger partial charge in [-0.15, -0.1) is 0 Å². The van der Waals surface area contributed by atoms with Crippen LogP contribution in [-0.2, 0) is 10.3 Å². The van der Waals surface area contributed by atoms with Crippen molar-refractivity contribution in [1.29, 1.82) is 0 Å². The van der Waals surface area contributed by atoms with Gasteiger partial charge in [0, 0.05) is 35.4 Å². The minimum atomic E-state index is -0.747. The summed E-state index contributed by atoms with van der Waals surface area (Å²) in [7, 11) is 1.59. The number of nitrogens with zero attached hydrogens (tertiary/aromatic N) is 2. The van der Waals surface area contributed by atoms with Gasteiger partial charge in [0.1, 0.15) is 5.82 Å². The molecule has 29 heavy (non-hydrogen) atoms. The Balaban J connectivity index is 1.69. The lowest BCUT2D eigenvalue weighted by Gasteiger charge is -2.45. The first-order valence-electron chi connectivity index (χ1n) is 9.61. The van der Waals surface area contributed by atoms with Crippen LogP contribution in [0.2, 0.25) is 0 Å². The average Bonchev–Trinajstić information content (AvgIpc) is 2.69. The van der Waals surface area contributed by atoms with E-state index in [0.29, 0.717) is 47.6 Å². The van der Waals surface area contributed by atoms with Crippen LogP contribution in [-0.4, -0.2) is 35.2 Å². The number of aliphatic imine (C=N–C) groups is 1. The van der Waals surface area contributed by atoms with Crippen molar-refractivity contribution in [2.75, 3.05) is 25.6 Å². The number of halogens is 1. The zero-order valence-corrected chi connectivity index (χ0v) is 17.4. The van der Waals surface area contributed by atoms with Crippen molar-refractivity contribution < 1.29 is 13.9 Å². The van der Waals surface area contributed by atoms with Crippen LogP contribution in [0.25, 0.3) is 0 Å². The van der Waals surface area contributed by atoms with Crippen molar-refractivity contribution >= 4 is 28.4 Å². The van der Waals surface area contributed by atoms with E-state index >= 15 is 0 Å². The van der Waals surface area contributed by atoms with Crippen LogP contribution in [0.4, 0.5) is 15.9 Å². The number of thioether (sulfide) groups is 1. The van der Waals surface area contributed by atoms with E-state index in [1.807, 2.05) is 13.0 Å². The molecule has 3 N–H and O–H groups in total. The number of anilines is 2. The largest absolute Gasteiger partial charge is 0.493 e. The highest BCUT2D eigenvalue weighted by Crippen LogP contribution is 2.50. The average molecular weight is 417 g/mol. The fraction of sp³-hybridized carbons (Fsp3) is 0.429. The third-order valence-corrected chi connectivity index (χ3v) is 6.83. The van der Waals surface area contributed by atoms with Crippen LogP contribution in [0.1, 0.15) is 31.7 Å². The smallest absolute Gasteiger partial charge is 0.173 e. The molecular formula is C21H25FN4O2S. The van der Waals surface area contributed by atoms with Crippen molar-refractivity contribution in [2.24, 2.45) is 10.7 Å². The monoisotopic (exact) mass is 416 g/mol. The molecule has 2 aliphatic heterocycles. The SMILES string of the molecule is COc1cccnc1Nc1ccc(F)c(C2(C)CC3(CCOCC3)SC(N)=N2)c1. The number of benzene rings is 1. The maximum absolute atomic E-state index is 15.0. The third kappa shape index (κ3) is 4.04. The normalized spacial score (nSPS) is 23.5. The van der Waals surface area contributed by atoms with Crippen LogP contribution in [0.15, 0.2) is 41.5 Å². The standard InChI is InChI=1S/C21H25FN4O2S/c1-20(13-21(29-19(23)26-20)7-10-28-11-8-21)15-12-14(5-6-16(15)22)25-18-17(27-2)4-3-9-24-18/h3-6,9,12H,7-8,10-11,13H2,1-2H3,(H2,23,26)(H,24,25). The van der Waals surface area contributed by atoms with E-state index < -0.39 is 5.54 Å². The molecule has 0 bridgehead atoms. The number of ether oxygens (including phenoxy) is 2. The Morgan fingerprint density at radius 2 is 2.07 bits per heavy atom. The molecule has 0 saturated carbocycles. The van der Waals surface area contributed by atoms with Crippen molar-refractivity contribution in [3.63, 3.8) is 0 Å². The maximum atomic E-state index is 15.0. The molecule has 2 aromatic rings. The van der Waals surface area contributed by atoms with Gasteiger partial charge in [0.2, 0.25) is 0 Å². The van der Waals surface area contributed by atoms with Gasteiger partial charge in [-0.25, -0.2) is 9.37 Å². The highest BCUT2D eigenvalue weighted by atomic mass is 32.2. The lowest BCUT2D eigenvalue weighted by molar-refractivity contribution is 0.0691. The lowest BCUT2D eigenvalue weighted by Crippen LogP contribution is -2.45. The van der Waals surface area contributed by atoms with E-state index in [1.165, 1.54) is 6.07 Å². The molecule has 1 unspecified atom stereocenters. The van der Waals surface area contributed by atoms with Crippen LogP contribution < -0.4 is 15.8 Å². The quantitative estimate of drug-likeness (QED) is 0.778. The number of hydrogen-bond acceptors (Lipinski definition) is 7. The van der Waals surface area contributed by atoms with Gasteiger partial charge in [0.05, 0.1) is 12.6 Å². The van der Waals surface area contributed by atoms with Crippen molar-refractivity contribution in [2.45, 2.75) is 36.5 Å². The number of methoxy groups -OCH3 is 1. The van der Waals surface area contributed by atoms with Gasteiger partial charge in [0.25, 0.3) is 0 Å². The first-order chi connectivity index (χ1) is 13.9. The summed E-state index contributed by atoms with van der Waals surface area (Å²) in [6.07, 6.45) is 4.15. The predicted molar refractivity (Wildman–Crippen MR) is 114 cm³/mol. The second-order valence-corrected chi connectivity index (χ2v) is 9.16. The molecule has 0 amide bonds. The summed E-state index contributed by atoms with van der Waals surface area (Å²) in [5.41, 5.74) is 6.70. The summed E-state index contributed by atoms with van der Waals surface area (Å²) in [5, 5.41) is 3.73. The van der Waals surface area contributed by atoms with Crippen LogP contribution in [0.5, 0.6) is 5.75 Å². The van der Waals surface area contributed by atoms with Gasteiger partial charge >= 0.3 is 0 Å². The maximum Gasteiger partial charge on any atom is 0.173 e. The van der Waals surface area contributed by atoms with Gasteiger partial charge < -0.3 is 20.5 Å². The number of pyridine rings is 1. The highest BCUT2D eigenvalue weighted by Gasteiger charge is 2.46. The molecule has 2 aliphatic rings. The molecule has 1 aromatic carbocycles. The molecule has 1 atom stereocenters. The minimum Gasteiger partial charge on any atom is -0.493 e. The molecule has 0 radical (unpaired) electrons. The summed E-state index contributed by atoms with van der Waals surface area (Å²) in [6, 6.07) is 8.56. The Morgan fingerprint density at radius 1 is 1.28 bits per heavy atom. The Kier molecular flexibility index (Phi) is 5.40. The molecular weight excluding hydrogens is 391 g/mol. The third-order valence-electron chi connectivity index (χ3n) is 5.55. The molecule has 4 rings (SSSR count). The number of hydrogen-bond donors (Lipinski definition) is 2. The summed E-state index contributed by atoms with van der Waals surface area (Å²) < 4.78 is 25.8. The summed E-state index contributed by atoms with van der Waals surface area (Å²) in [6.45, 7) is 3.35. The molecule has 1 saturated heterocycles.